The van der Waals surface area contributed by atoms with Crippen molar-refractivity contribution in [2.24, 2.45) is 7.05 Å². The molecular weight excluding hydrogens is 803 g/mol. The van der Waals surface area contributed by atoms with Gasteiger partial charge in [0.15, 0.2) is 0 Å². The van der Waals surface area contributed by atoms with Crippen LogP contribution in [0.25, 0.3) is 11.0 Å². The number of nitrogens with one attached hydrogen (secondary N) is 3. The highest BCUT2D eigenvalue weighted by Crippen LogP contribution is 2.36. The number of aryl methyl sites for hydroxylation is 1. The third kappa shape index (κ3) is 8.04. The van der Waals surface area contributed by atoms with E-state index in [0.717, 1.165) is 78.7 Å². The lowest BCUT2D eigenvalue weighted by Crippen LogP contribution is -2.53. The highest BCUT2D eigenvalue weighted by molar-refractivity contribution is 6.00. The molecule has 63 heavy (non-hydrogen) atoms. The first-order valence-electron chi connectivity index (χ1n) is 22.0. The lowest BCUT2D eigenvalue weighted by molar-refractivity contribution is -0.136. The molecule has 3 aromatic heterocycles. The Balaban J connectivity index is 0.688. The number of nitrogens with zero attached hydrogens (tertiary/aromatic N) is 10. The van der Waals surface area contributed by atoms with E-state index in [1.54, 1.807) is 11.6 Å². The van der Waals surface area contributed by atoms with Crippen LogP contribution in [0.5, 0.6) is 5.88 Å². The molecule has 0 bridgehead atoms. The highest BCUT2D eigenvalue weighted by Gasteiger charge is 2.33. The number of amides is 3. The Morgan fingerprint density at radius 2 is 1.67 bits per heavy atom. The van der Waals surface area contributed by atoms with E-state index in [1.807, 2.05) is 35.5 Å². The molecule has 3 N–H and O–H groups in total. The standard InChI is InChI=1S/C45H53N13O5/c1-29-37(25-47-43-40(29)46-13-23-63-43)57-14-12-31-24-48-44(50-33(31)27-57)49-32-8-6-30(7-9-32)26-53-17-21-56(22-18-53)39(60)28-54-15-19-55(20-16-54)34-4-3-5-35-41(34)52(2)45(62)58(35)36-10-11-38(59)51-42(36)61/h3-9,24-25,36,46H,10-23,26-28H2,1-2H3,(H,48,49,50)(H,51,59,61). The first kappa shape index (κ1) is 40.5. The number of carbonyl (C=O) groups is 3. The Bertz CT molecular complexity index is 2630. The largest absolute Gasteiger partial charge is 0.474 e. The molecule has 3 saturated heterocycles. The average molecular weight is 856 g/mol. The predicted molar refractivity (Wildman–Crippen MR) is 239 cm³/mol. The first-order chi connectivity index (χ1) is 30.7. The lowest BCUT2D eigenvalue weighted by atomic mass is 10.0. The third-order valence-corrected chi connectivity index (χ3v) is 13.2. The van der Waals surface area contributed by atoms with E-state index in [0.29, 0.717) is 82.7 Å². The van der Waals surface area contributed by atoms with Crippen molar-refractivity contribution in [1.82, 2.24) is 44.1 Å². The minimum absolute atomic E-state index is 0.152. The number of rotatable bonds is 9. The van der Waals surface area contributed by atoms with E-state index in [2.05, 4.69) is 76.7 Å². The zero-order chi connectivity index (χ0) is 43.2. The van der Waals surface area contributed by atoms with Crippen LogP contribution in [0, 0.1) is 6.92 Å². The van der Waals surface area contributed by atoms with Crippen LogP contribution in [0.3, 0.4) is 0 Å². The van der Waals surface area contributed by atoms with Gasteiger partial charge in [0.2, 0.25) is 29.5 Å². The molecule has 2 aromatic carbocycles. The number of piperidine rings is 1. The monoisotopic (exact) mass is 855 g/mol. The summed E-state index contributed by atoms with van der Waals surface area (Å²) in [6.07, 6.45) is 5.20. The van der Waals surface area contributed by atoms with Gasteiger partial charge >= 0.3 is 5.69 Å². The van der Waals surface area contributed by atoms with E-state index in [4.69, 9.17) is 9.72 Å². The number of piperazine rings is 2. The van der Waals surface area contributed by atoms with Gasteiger partial charge in [0.1, 0.15) is 18.3 Å². The Labute approximate surface area is 364 Å². The van der Waals surface area contributed by atoms with Crippen molar-refractivity contribution in [2.45, 2.75) is 45.3 Å². The van der Waals surface area contributed by atoms with Gasteiger partial charge in [-0.2, -0.15) is 0 Å². The van der Waals surface area contributed by atoms with Gasteiger partial charge in [-0.05, 0) is 55.2 Å². The Hall–Kier alpha value is -6.53. The van der Waals surface area contributed by atoms with Gasteiger partial charge in [-0.15, -0.1) is 0 Å². The van der Waals surface area contributed by atoms with Crippen LogP contribution >= 0.6 is 0 Å². The maximum Gasteiger partial charge on any atom is 0.329 e. The maximum atomic E-state index is 13.5. The molecule has 18 nitrogen and oxygen atoms in total. The third-order valence-electron chi connectivity index (χ3n) is 13.2. The minimum Gasteiger partial charge on any atom is -0.474 e. The smallest absolute Gasteiger partial charge is 0.329 e. The van der Waals surface area contributed by atoms with Crippen molar-refractivity contribution in [2.75, 3.05) is 99.0 Å². The Morgan fingerprint density at radius 3 is 2.46 bits per heavy atom. The summed E-state index contributed by atoms with van der Waals surface area (Å²) >= 11 is 0. The normalized spacial score (nSPS) is 19.6. The van der Waals surface area contributed by atoms with Crippen LogP contribution in [-0.2, 0) is 40.9 Å². The number of benzene rings is 2. The molecule has 5 aliphatic heterocycles. The van der Waals surface area contributed by atoms with Crippen molar-refractivity contribution < 1.29 is 19.1 Å². The molecular formula is C45H53N13O5. The molecule has 3 amide bonds. The molecule has 8 heterocycles. The summed E-state index contributed by atoms with van der Waals surface area (Å²) in [5, 5.41) is 9.22. The second-order valence-corrected chi connectivity index (χ2v) is 17.1. The summed E-state index contributed by atoms with van der Waals surface area (Å²) in [5.74, 6) is 0.639. The maximum absolute atomic E-state index is 13.5. The molecule has 5 aromatic rings. The average Bonchev–Trinajstić information content (AvgIpc) is 3.56. The fourth-order valence-electron chi connectivity index (χ4n) is 9.68. The summed E-state index contributed by atoms with van der Waals surface area (Å²) < 4.78 is 8.86. The molecule has 3 fully saturated rings. The Morgan fingerprint density at radius 1 is 0.873 bits per heavy atom. The topological polar surface area (TPSA) is 178 Å². The number of fused-ring (bicyclic) bond motifs is 3. The van der Waals surface area contributed by atoms with Crippen molar-refractivity contribution in [1.29, 1.82) is 0 Å². The molecule has 0 spiro atoms. The molecule has 1 atom stereocenters. The van der Waals surface area contributed by atoms with Crippen LogP contribution in [0.1, 0.15) is 41.3 Å². The summed E-state index contributed by atoms with van der Waals surface area (Å²) in [6, 6.07) is 13.5. The summed E-state index contributed by atoms with van der Waals surface area (Å²) in [6.45, 7) is 12.1. The molecule has 18 heteroatoms. The van der Waals surface area contributed by atoms with Gasteiger partial charge in [-0.25, -0.2) is 19.7 Å². The van der Waals surface area contributed by atoms with Crippen molar-refractivity contribution >= 4 is 57.5 Å². The van der Waals surface area contributed by atoms with Gasteiger partial charge in [0, 0.05) is 103 Å². The molecule has 0 saturated carbocycles. The molecule has 328 valence electrons. The van der Waals surface area contributed by atoms with E-state index >= 15 is 0 Å². The lowest BCUT2D eigenvalue weighted by Gasteiger charge is -2.38. The number of anilines is 5. The summed E-state index contributed by atoms with van der Waals surface area (Å²) in [4.78, 5) is 76.7. The molecule has 10 rings (SSSR count). The number of imidazole rings is 1. The second kappa shape index (κ2) is 17.0. The zero-order valence-electron chi connectivity index (χ0n) is 35.8. The highest BCUT2D eigenvalue weighted by atomic mass is 16.5. The number of carbonyl (C=O) groups excluding carboxylic acids is 3. The quantitative estimate of drug-likeness (QED) is 0.184. The van der Waals surface area contributed by atoms with Crippen LogP contribution in [-0.4, -0.2) is 135 Å². The van der Waals surface area contributed by atoms with Gasteiger partial charge in [0.05, 0.1) is 47.4 Å². The molecule has 0 aliphatic carbocycles. The second-order valence-electron chi connectivity index (χ2n) is 17.1. The number of hydrogen-bond donors (Lipinski definition) is 3. The van der Waals surface area contributed by atoms with Crippen molar-refractivity contribution in [3.05, 3.63) is 87.7 Å². The fraction of sp³-hybridized carbons (Fsp3) is 0.444. The minimum atomic E-state index is -0.728. The SMILES string of the molecule is Cc1c(N2CCc3cnc(Nc4ccc(CN5CCN(C(=O)CN6CCN(c7cccc8c7n(C)c(=O)n8C7CCC(=O)NC7=O)CC6)CC5)cc4)nc3C2)cnc2c1NCCO2. The van der Waals surface area contributed by atoms with E-state index < -0.39 is 11.9 Å². The predicted octanol–water partition coefficient (Wildman–Crippen LogP) is 2.39. The van der Waals surface area contributed by atoms with Gasteiger partial charge in [-0.1, -0.05) is 18.2 Å². The zero-order valence-corrected chi connectivity index (χ0v) is 35.8. The van der Waals surface area contributed by atoms with Gasteiger partial charge in [0.25, 0.3) is 0 Å². The Kier molecular flexibility index (Phi) is 10.9. The van der Waals surface area contributed by atoms with Crippen LogP contribution in [0.15, 0.2) is 59.7 Å². The van der Waals surface area contributed by atoms with Gasteiger partial charge < -0.3 is 30.1 Å². The van der Waals surface area contributed by atoms with Crippen LogP contribution < -0.4 is 36.2 Å². The van der Waals surface area contributed by atoms with Crippen molar-refractivity contribution in [3.63, 3.8) is 0 Å². The van der Waals surface area contributed by atoms with Crippen molar-refractivity contribution in [3.8, 4) is 5.88 Å². The molecule has 0 radical (unpaired) electrons. The van der Waals surface area contributed by atoms with E-state index in [9.17, 15) is 19.2 Å². The van der Waals surface area contributed by atoms with Crippen LogP contribution in [0.4, 0.5) is 28.7 Å². The summed E-state index contributed by atoms with van der Waals surface area (Å²) in [5.41, 5.74) is 9.59. The number of ether oxygens (including phenoxy) is 1. The first-order valence-corrected chi connectivity index (χ1v) is 22.0. The number of hydrogen-bond acceptors (Lipinski definition) is 14. The molecule has 1 unspecified atom stereocenters. The van der Waals surface area contributed by atoms with Gasteiger partial charge in [-0.3, -0.25) is 38.6 Å². The number of aromatic nitrogens is 5. The van der Waals surface area contributed by atoms with E-state index in [-0.39, 0.29) is 23.9 Å². The number of para-hydroxylation sites is 1. The fourth-order valence-corrected chi connectivity index (χ4v) is 9.68. The number of imide groups is 1. The molecule has 5 aliphatic rings. The summed E-state index contributed by atoms with van der Waals surface area (Å²) in [7, 11) is 1.73. The number of pyridine rings is 1. The van der Waals surface area contributed by atoms with E-state index in [1.165, 1.54) is 15.7 Å². The van der Waals surface area contributed by atoms with Crippen LogP contribution in [0.2, 0.25) is 0 Å².